The maximum Gasteiger partial charge on any atom is 0.241 e. The minimum atomic E-state index is -1.14. The molecular formula is C16H14BrNO5. The third-order valence-electron chi connectivity index (χ3n) is 4.77. The average Bonchev–Trinajstić information content (AvgIpc) is 3.14. The van der Waals surface area contributed by atoms with E-state index in [0.29, 0.717) is 11.4 Å². The summed E-state index contributed by atoms with van der Waals surface area (Å²) >= 11 is 3.42. The first-order valence-corrected chi connectivity index (χ1v) is 7.97. The van der Waals surface area contributed by atoms with Crippen LogP contribution in [0.25, 0.3) is 0 Å². The molecule has 1 N–H and O–H groups in total. The van der Waals surface area contributed by atoms with Crippen LogP contribution in [-0.4, -0.2) is 40.7 Å². The summed E-state index contributed by atoms with van der Waals surface area (Å²) in [5, 5.41) is 9.74. The van der Waals surface area contributed by atoms with Gasteiger partial charge in [-0.25, -0.2) is 4.90 Å². The summed E-state index contributed by atoms with van der Waals surface area (Å²) in [6.45, 7) is -0.354. The molecule has 0 saturated carbocycles. The molecule has 4 atom stereocenters. The predicted molar refractivity (Wildman–Crippen MR) is 84.2 cm³/mol. The molecule has 3 heterocycles. The number of hydrogen-bond acceptors (Lipinski definition) is 5. The van der Waals surface area contributed by atoms with Crippen molar-refractivity contribution in [1.29, 1.82) is 0 Å². The van der Waals surface area contributed by atoms with Crippen LogP contribution in [0, 0.1) is 11.8 Å². The molecule has 120 valence electrons. The summed E-state index contributed by atoms with van der Waals surface area (Å²) in [5.41, 5.74) is -0.652. The number of halogens is 1. The Morgan fingerprint density at radius 1 is 1.22 bits per heavy atom. The molecule has 6 nitrogen and oxygen atoms in total. The van der Waals surface area contributed by atoms with E-state index in [1.165, 1.54) is 4.90 Å². The summed E-state index contributed by atoms with van der Waals surface area (Å²) in [6.07, 6.45) is 3.37. The van der Waals surface area contributed by atoms with Crippen molar-refractivity contribution in [3.05, 3.63) is 36.4 Å². The van der Waals surface area contributed by atoms with E-state index in [1.807, 2.05) is 0 Å². The highest BCUT2D eigenvalue weighted by atomic mass is 79.9. The number of anilines is 1. The van der Waals surface area contributed by atoms with Crippen molar-refractivity contribution in [2.75, 3.05) is 18.6 Å². The molecule has 1 aromatic rings. The molecule has 2 amide bonds. The Labute approximate surface area is 140 Å². The normalized spacial score (nSPS) is 37.6. The predicted octanol–water partition coefficient (Wildman–Crippen LogP) is 1.22. The quantitative estimate of drug-likeness (QED) is 0.485. The summed E-state index contributed by atoms with van der Waals surface area (Å²) in [6, 6.07) is 6.72. The Kier molecular flexibility index (Phi) is 3.01. The Morgan fingerprint density at radius 3 is 2.48 bits per heavy atom. The van der Waals surface area contributed by atoms with E-state index < -0.39 is 21.9 Å². The lowest BCUT2D eigenvalue weighted by Crippen LogP contribution is -2.43. The fourth-order valence-corrected chi connectivity index (χ4v) is 4.57. The van der Waals surface area contributed by atoms with Crippen LogP contribution in [0.15, 0.2) is 36.4 Å². The molecule has 0 aromatic heterocycles. The van der Waals surface area contributed by atoms with Crippen LogP contribution in [0.5, 0.6) is 5.75 Å². The summed E-state index contributed by atoms with van der Waals surface area (Å²) in [5.74, 6) is -1.46. The van der Waals surface area contributed by atoms with Crippen molar-refractivity contribution < 1.29 is 24.2 Å². The molecule has 3 aliphatic heterocycles. The minimum Gasteiger partial charge on any atom is -0.497 e. The Balaban J connectivity index is 1.76. The van der Waals surface area contributed by atoms with E-state index in [4.69, 9.17) is 9.47 Å². The highest BCUT2D eigenvalue weighted by Gasteiger charge is 2.73. The van der Waals surface area contributed by atoms with Crippen LogP contribution in [0.2, 0.25) is 0 Å². The van der Waals surface area contributed by atoms with Crippen molar-refractivity contribution >= 4 is 33.4 Å². The van der Waals surface area contributed by atoms with Gasteiger partial charge >= 0.3 is 0 Å². The zero-order valence-electron chi connectivity index (χ0n) is 12.2. The maximum atomic E-state index is 12.9. The van der Waals surface area contributed by atoms with E-state index in [0.717, 1.165) is 0 Å². The third-order valence-corrected chi connectivity index (χ3v) is 5.69. The number of aliphatic hydroxyl groups is 1. The van der Waals surface area contributed by atoms with Gasteiger partial charge in [0.15, 0.2) is 4.51 Å². The van der Waals surface area contributed by atoms with Crippen molar-refractivity contribution in [3.63, 3.8) is 0 Å². The first-order valence-electron chi connectivity index (χ1n) is 7.18. The number of fused-ring (bicyclic) bond motifs is 5. The first kappa shape index (κ1) is 14.9. The smallest absolute Gasteiger partial charge is 0.241 e. The lowest BCUT2D eigenvalue weighted by atomic mass is 9.77. The molecular weight excluding hydrogens is 366 g/mol. The molecule has 0 aliphatic carbocycles. The van der Waals surface area contributed by atoms with Gasteiger partial charge in [0, 0.05) is 0 Å². The van der Waals surface area contributed by atoms with Gasteiger partial charge in [-0.2, -0.15) is 0 Å². The zero-order chi connectivity index (χ0) is 16.4. The van der Waals surface area contributed by atoms with Gasteiger partial charge in [0.1, 0.15) is 11.4 Å². The van der Waals surface area contributed by atoms with Crippen molar-refractivity contribution in [3.8, 4) is 5.75 Å². The van der Waals surface area contributed by atoms with Crippen LogP contribution in [0.4, 0.5) is 5.69 Å². The maximum absolute atomic E-state index is 12.9. The molecule has 0 radical (unpaired) electrons. The lowest BCUT2D eigenvalue weighted by molar-refractivity contribution is -0.128. The van der Waals surface area contributed by atoms with Crippen LogP contribution in [0.3, 0.4) is 0 Å². The second-order valence-electron chi connectivity index (χ2n) is 5.91. The highest BCUT2D eigenvalue weighted by Crippen LogP contribution is 2.60. The van der Waals surface area contributed by atoms with Crippen LogP contribution < -0.4 is 9.64 Å². The number of aliphatic hydroxyl groups excluding tert-OH is 1. The zero-order valence-corrected chi connectivity index (χ0v) is 13.8. The van der Waals surface area contributed by atoms with Crippen molar-refractivity contribution in [2.45, 2.75) is 10.1 Å². The fourth-order valence-electron chi connectivity index (χ4n) is 3.68. The van der Waals surface area contributed by atoms with Gasteiger partial charge < -0.3 is 14.6 Å². The Morgan fingerprint density at radius 2 is 1.87 bits per heavy atom. The molecule has 0 spiro atoms. The second-order valence-corrected chi connectivity index (χ2v) is 7.15. The SMILES string of the molecule is COc1ccc(N2C(=O)[C@@H]3[C@H](C2=O)[C@@]2(Br)C=C[C@@]3(CO)O2)cc1. The summed E-state index contributed by atoms with van der Waals surface area (Å²) in [4.78, 5) is 26.9. The van der Waals surface area contributed by atoms with E-state index in [-0.39, 0.29) is 18.4 Å². The summed E-state index contributed by atoms with van der Waals surface area (Å²) in [7, 11) is 1.55. The molecule has 1 aromatic carbocycles. The average molecular weight is 380 g/mol. The standard InChI is InChI=1S/C16H14BrNO5/c1-22-10-4-2-9(3-5-10)18-13(20)11-12(14(18)21)16(17)7-6-15(11,8-19)23-16/h2-7,11-12,19H,8H2,1H3/t11-,12+,15-,16+/m0/s1. The number of nitrogens with zero attached hydrogens (tertiary/aromatic N) is 1. The number of benzene rings is 1. The molecule has 23 heavy (non-hydrogen) atoms. The molecule has 3 aliphatic rings. The largest absolute Gasteiger partial charge is 0.497 e. The number of imide groups is 1. The monoisotopic (exact) mass is 379 g/mol. The van der Waals surface area contributed by atoms with Crippen LogP contribution in [-0.2, 0) is 14.3 Å². The summed E-state index contributed by atoms with van der Waals surface area (Å²) < 4.78 is 9.85. The molecule has 2 saturated heterocycles. The van der Waals surface area contributed by atoms with Crippen LogP contribution >= 0.6 is 15.9 Å². The Bertz CT molecular complexity index is 732. The number of rotatable bonds is 3. The van der Waals surface area contributed by atoms with E-state index in [1.54, 1.807) is 43.5 Å². The van der Waals surface area contributed by atoms with Crippen molar-refractivity contribution in [2.24, 2.45) is 11.8 Å². The lowest BCUT2D eigenvalue weighted by Gasteiger charge is -2.26. The van der Waals surface area contributed by atoms with Gasteiger partial charge in [0.05, 0.1) is 31.2 Å². The third kappa shape index (κ3) is 1.75. The number of ether oxygens (including phenoxy) is 2. The fraction of sp³-hybridized carbons (Fsp3) is 0.375. The number of amides is 2. The molecule has 7 heteroatoms. The highest BCUT2D eigenvalue weighted by molar-refractivity contribution is 9.10. The minimum absolute atomic E-state index is 0.332. The number of carbonyl (C=O) groups excluding carboxylic acids is 2. The molecule has 0 unspecified atom stereocenters. The molecule has 2 bridgehead atoms. The van der Waals surface area contributed by atoms with E-state index in [2.05, 4.69) is 15.9 Å². The second kappa shape index (κ2) is 4.66. The van der Waals surface area contributed by atoms with Gasteiger partial charge in [-0.15, -0.1) is 0 Å². The van der Waals surface area contributed by atoms with Gasteiger partial charge in [0.2, 0.25) is 11.8 Å². The van der Waals surface area contributed by atoms with Gasteiger partial charge in [0.25, 0.3) is 0 Å². The number of alkyl halides is 1. The number of hydrogen-bond donors (Lipinski definition) is 1. The van der Waals surface area contributed by atoms with E-state index >= 15 is 0 Å². The Hall–Kier alpha value is -1.70. The number of methoxy groups -OCH3 is 1. The van der Waals surface area contributed by atoms with Crippen molar-refractivity contribution in [1.82, 2.24) is 0 Å². The van der Waals surface area contributed by atoms with Gasteiger partial charge in [-0.1, -0.05) is 0 Å². The van der Waals surface area contributed by atoms with Gasteiger partial charge in [-0.3, -0.25) is 9.59 Å². The molecule has 2 fully saturated rings. The molecule has 4 rings (SSSR count). The van der Waals surface area contributed by atoms with Gasteiger partial charge in [-0.05, 0) is 52.3 Å². The van der Waals surface area contributed by atoms with Crippen LogP contribution in [0.1, 0.15) is 0 Å². The number of carbonyl (C=O) groups is 2. The topological polar surface area (TPSA) is 76.1 Å². The van der Waals surface area contributed by atoms with E-state index in [9.17, 15) is 14.7 Å². The first-order chi connectivity index (χ1) is 11.0.